The molecule has 25 heavy (non-hydrogen) atoms. The van der Waals surface area contributed by atoms with Gasteiger partial charge in [-0.05, 0) is 25.1 Å². The van der Waals surface area contributed by atoms with Crippen LogP contribution in [0.2, 0.25) is 0 Å². The summed E-state index contributed by atoms with van der Waals surface area (Å²) in [5.74, 6) is 1.37. The molecule has 7 nitrogen and oxygen atoms in total. The Kier molecular flexibility index (Phi) is 4.82. The molecule has 0 atom stereocenters. The van der Waals surface area contributed by atoms with Gasteiger partial charge in [-0.2, -0.15) is 4.31 Å². The van der Waals surface area contributed by atoms with E-state index in [1.165, 1.54) is 30.7 Å². The largest absolute Gasteiger partial charge is 0.493 e. The van der Waals surface area contributed by atoms with Crippen molar-refractivity contribution in [2.75, 3.05) is 27.3 Å². The molecule has 3 rings (SSSR count). The molecule has 1 aliphatic rings. The molecule has 1 aromatic heterocycles. The Hall–Kier alpha value is -2.32. The van der Waals surface area contributed by atoms with E-state index in [0.29, 0.717) is 17.4 Å². The molecule has 8 heteroatoms. The fraction of sp³-hybridized carbons (Fsp3) is 0.353. The Bertz CT molecular complexity index is 863. The lowest BCUT2D eigenvalue weighted by Gasteiger charge is -2.37. The highest BCUT2D eigenvalue weighted by Gasteiger charge is 2.38. The van der Waals surface area contributed by atoms with Crippen molar-refractivity contribution < 1.29 is 22.6 Å². The second-order valence-electron chi connectivity index (χ2n) is 5.70. The molecule has 0 unspecified atom stereocenters. The number of rotatable bonds is 6. The maximum atomic E-state index is 12.7. The van der Waals surface area contributed by atoms with Crippen molar-refractivity contribution in [2.24, 2.45) is 0 Å². The van der Waals surface area contributed by atoms with Gasteiger partial charge in [0.05, 0.1) is 32.2 Å². The molecule has 0 amide bonds. The van der Waals surface area contributed by atoms with Crippen molar-refractivity contribution in [3.8, 4) is 17.4 Å². The minimum Gasteiger partial charge on any atom is -0.493 e. The molecule has 0 aliphatic carbocycles. The Labute approximate surface area is 147 Å². The molecule has 2 heterocycles. The van der Waals surface area contributed by atoms with Gasteiger partial charge >= 0.3 is 0 Å². The quantitative estimate of drug-likeness (QED) is 0.779. The summed E-state index contributed by atoms with van der Waals surface area (Å²) in [7, 11) is -0.624. The lowest BCUT2D eigenvalue weighted by atomic mass is 10.2. The number of pyridine rings is 1. The normalized spacial score (nSPS) is 15.5. The van der Waals surface area contributed by atoms with Crippen molar-refractivity contribution in [3.05, 3.63) is 42.1 Å². The molecule has 0 bridgehead atoms. The lowest BCUT2D eigenvalue weighted by molar-refractivity contribution is 0.0719. The predicted molar refractivity (Wildman–Crippen MR) is 91.7 cm³/mol. The molecule has 1 fully saturated rings. The highest BCUT2D eigenvalue weighted by atomic mass is 32.2. The summed E-state index contributed by atoms with van der Waals surface area (Å²) in [6.07, 6.45) is -0.204. The number of hydrogen-bond donors (Lipinski definition) is 0. The number of nitrogens with zero attached hydrogens (tertiary/aromatic N) is 2. The van der Waals surface area contributed by atoms with Gasteiger partial charge in [-0.25, -0.2) is 13.4 Å². The zero-order valence-corrected chi connectivity index (χ0v) is 15.1. The first-order valence-corrected chi connectivity index (χ1v) is 9.20. The van der Waals surface area contributed by atoms with E-state index in [1.807, 2.05) is 19.1 Å². The third-order valence-electron chi connectivity index (χ3n) is 3.96. The zero-order chi connectivity index (χ0) is 18.0. The van der Waals surface area contributed by atoms with Crippen LogP contribution in [0.3, 0.4) is 0 Å². The number of aromatic nitrogens is 1. The average Bonchev–Trinajstić information content (AvgIpc) is 2.56. The van der Waals surface area contributed by atoms with E-state index in [2.05, 4.69) is 4.98 Å². The number of hydrogen-bond acceptors (Lipinski definition) is 6. The average molecular weight is 364 g/mol. The lowest BCUT2D eigenvalue weighted by Crippen LogP contribution is -2.56. The Morgan fingerprint density at radius 3 is 2.44 bits per heavy atom. The number of benzene rings is 1. The summed E-state index contributed by atoms with van der Waals surface area (Å²) in [5.41, 5.74) is 0.853. The standard InChI is InChI=1S/C17H20N2O5S/c1-12-5-4-6-17(18-12)24-13-10-19(11-13)25(20,21)14-7-8-15(22-2)16(9-14)23-3/h4-9,13H,10-11H2,1-3H3. The second-order valence-corrected chi connectivity index (χ2v) is 7.63. The number of aryl methyl sites for hydroxylation is 1. The molecule has 0 radical (unpaired) electrons. The van der Waals surface area contributed by atoms with E-state index in [1.54, 1.807) is 12.1 Å². The predicted octanol–water partition coefficient (Wildman–Crippen LogP) is 1.86. The summed E-state index contributed by atoms with van der Waals surface area (Å²) in [6.45, 7) is 2.44. The fourth-order valence-electron chi connectivity index (χ4n) is 2.55. The molecule has 1 aromatic carbocycles. The van der Waals surface area contributed by atoms with E-state index >= 15 is 0 Å². The van der Waals surface area contributed by atoms with E-state index in [4.69, 9.17) is 14.2 Å². The highest BCUT2D eigenvalue weighted by Crippen LogP contribution is 2.32. The molecular weight excluding hydrogens is 344 g/mol. The van der Waals surface area contributed by atoms with Crippen molar-refractivity contribution in [1.82, 2.24) is 9.29 Å². The highest BCUT2D eigenvalue weighted by molar-refractivity contribution is 7.89. The third-order valence-corrected chi connectivity index (χ3v) is 5.79. The van der Waals surface area contributed by atoms with E-state index in [9.17, 15) is 8.42 Å². The van der Waals surface area contributed by atoms with Gasteiger partial charge in [0, 0.05) is 17.8 Å². The molecule has 0 saturated carbocycles. The first-order valence-electron chi connectivity index (χ1n) is 7.76. The van der Waals surface area contributed by atoms with Crippen LogP contribution in [-0.4, -0.2) is 51.1 Å². The van der Waals surface area contributed by atoms with Crippen molar-refractivity contribution in [1.29, 1.82) is 0 Å². The Balaban J connectivity index is 1.69. The van der Waals surface area contributed by atoms with Crippen LogP contribution in [0.15, 0.2) is 41.3 Å². The minimum absolute atomic E-state index is 0.164. The second kappa shape index (κ2) is 6.89. The fourth-order valence-corrected chi connectivity index (χ4v) is 4.07. The van der Waals surface area contributed by atoms with Crippen LogP contribution in [0.5, 0.6) is 17.4 Å². The van der Waals surface area contributed by atoms with Gasteiger partial charge in [-0.1, -0.05) is 6.07 Å². The van der Waals surface area contributed by atoms with Crippen LogP contribution in [0.25, 0.3) is 0 Å². The van der Waals surface area contributed by atoms with Gasteiger partial charge < -0.3 is 14.2 Å². The summed E-state index contributed by atoms with van der Waals surface area (Å²) >= 11 is 0. The van der Waals surface area contributed by atoms with Gasteiger partial charge in [0.25, 0.3) is 0 Å². The molecule has 1 aliphatic heterocycles. The smallest absolute Gasteiger partial charge is 0.243 e. The summed E-state index contributed by atoms with van der Waals surface area (Å²) in [5, 5.41) is 0. The van der Waals surface area contributed by atoms with E-state index < -0.39 is 10.0 Å². The molecule has 1 saturated heterocycles. The first kappa shape index (κ1) is 17.5. The van der Waals surface area contributed by atoms with Crippen LogP contribution in [0.1, 0.15) is 5.69 Å². The van der Waals surface area contributed by atoms with Gasteiger partial charge in [-0.15, -0.1) is 0 Å². The van der Waals surface area contributed by atoms with Gasteiger partial charge in [0.2, 0.25) is 15.9 Å². The van der Waals surface area contributed by atoms with E-state index in [0.717, 1.165) is 5.69 Å². The van der Waals surface area contributed by atoms with Gasteiger partial charge in [-0.3, -0.25) is 0 Å². The SMILES string of the molecule is COc1ccc(S(=O)(=O)N2CC(Oc3cccc(C)n3)C2)cc1OC. The van der Waals surface area contributed by atoms with Gasteiger partial charge in [0.15, 0.2) is 11.5 Å². The van der Waals surface area contributed by atoms with Crippen LogP contribution < -0.4 is 14.2 Å². The van der Waals surface area contributed by atoms with Crippen molar-refractivity contribution in [2.45, 2.75) is 17.9 Å². The maximum Gasteiger partial charge on any atom is 0.243 e. The topological polar surface area (TPSA) is 78.0 Å². The minimum atomic E-state index is -3.60. The Morgan fingerprint density at radius 1 is 1.08 bits per heavy atom. The van der Waals surface area contributed by atoms with E-state index in [-0.39, 0.29) is 24.1 Å². The summed E-state index contributed by atoms with van der Waals surface area (Å²) in [4.78, 5) is 4.43. The molecule has 134 valence electrons. The number of methoxy groups -OCH3 is 2. The van der Waals surface area contributed by atoms with Crippen LogP contribution in [0, 0.1) is 6.92 Å². The van der Waals surface area contributed by atoms with Crippen molar-refractivity contribution in [3.63, 3.8) is 0 Å². The zero-order valence-electron chi connectivity index (χ0n) is 14.3. The molecule has 0 spiro atoms. The van der Waals surface area contributed by atoms with Crippen LogP contribution in [-0.2, 0) is 10.0 Å². The molecular formula is C17H20N2O5S. The summed E-state index contributed by atoms with van der Waals surface area (Å²) < 4.78 is 42.8. The third kappa shape index (κ3) is 3.54. The summed E-state index contributed by atoms with van der Waals surface area (Å²) in [6, 6.07) is 10.0. The Morgan fingerprint density at radius 2 is 1.80 bits per heavy atom. The van der Waals surface area contributed by atoms with Crippen LogP contribution >= 0.6 is 0 Å². The molecule has 2 aromatic rings. The monoisotopic (exact) mass is 364 g/mol. The van der Waals surface area contributed by atoms with Crippen molar-refractivity contribution >= 4 is 10.0 Å². The molecule has 0 N–H and O–H groups in total. The number of ether oxygens (including phenoxy) is 3. The maximum absolute atomic E-state index is 12.7. The van der Waals surface area contributed by atoms with Crippen LogP contribution in [0.4, 0.5) is 0 Å². The number of sulfonamides is 1. The first-order chi connectivity index (χ1) is 11.9. The van der Waals surface area contributed by atoms with Gasteiger partial charge in [0.1, 0.15) is 6.10 Å².